The average Bonchev–Trinajstić information content (AvgIpc) is 3.47. The molecular formula is C20H23N3O4S2. The van der Waals surface area contributed by atoms with Crippen LogP contribution in [0.15, 0.2) is 46.0 Å². The molecule has 2 amide bonds. The number of nitrogens with zero attached hydrogens (tertiary/aromatic N) is 2. The van der Waals surface area contributed by atoms with Crippen molar-refractivity contribution in [3.8, 4) is 0 Å². The van der Waals surface area contributed by atoms with E-state index in [1.165, 1.54) is 4.31 Å². The minimum Gasteiger partial charge on any atom is -0.351 e. The quantitative estimate of drug-likeness (QED) is 0.758. The van der Waals surface area contributed by atoms with Gasteiger partial charge in [-0.1, -0.05) is 18.2 Å². The summed E-state index contributed by atoms with van der Waals surface area (Å²) in [6, 6.07) is 10.1. The SMILES string of the molecule is O=C(NCc1cccc(N2CCCC2=O)c1)C1CCCN1S(=O)(=O)c1cccs1. The number of sulfonamides is 1. The summed E-state index contributed by atoms with van der Waals surface area (Å²) in [7, 11) is -3.65. The van der Waals surface area contributed by atoms with E-state index in [1.807, 2.05) is 24.3 Å². The molecule has 0 spiro atoms. The molecule has 1 N–H and O–H groups in total. The van der Waals surface area contributed by atoms with Crippen LogP contribution in [-0.4, -0.2) is 43.7 Å². The third-order valence-corrected chi connectivity index (χ3v) is 8.61. The van der Waals surface area contributed by atoms with Gasteiger partial charge in [0, 0.05) is 31.7 Å². The lowest BCUT2D eigenvalue weighted by Crippen LogP contribution is -2.45. The van der Waals surface area contributed by atoms with Crippen molar-refractivity contribution in [3.63, 3.8) is 0 Å². The molecule has 2 aliphatic heterocycles. The van der Waals surface area contributed by atoms with Crippen LogP contribution in [0, 0.1) is 0 Å². The molecule has 2 fully saturated rings. The largest absolute Gasteiger partial charge is 0.351 e. The number of nitrogens with one attached hydrogen (secondary N) is 1. The molecule has 0 radical (unpaired) electrons. The Morgan fingerprint density at radius 3 is 2.76 bits per heavy atom. The highest BCUT2D eigenvalue weighted by molar-refractivity contribution is 7.91. The third kappa shape index (κ3) is 4.08. The third-order valence-electron chi connectivity index (χ3n) is 5.33. The molecule has 2 aliphatic rings. The van der Waals surface area contributed by atoms with Crippen LogP contribution >= 0.6 is 11.3 Å². The summed E-state index contributed by atoms with van der Waals surface area (Å²) in [4.78, 5) is 26.5. The number of anilines is 1. The molecule has 154 valence electrons. The lowest BCUT2D eigenvalue weighted by atomic mass is 10.1. The van der Waals surface area contributed by atoms with Gasteiger partial charge in [-0.25, -0.2) is 8.42 Å². The molecule has 9 heteroatoms. The molecule has 1 atom stereocenters. The number of benzene rings is 1. The summed E-state index contributed by atoms with van der Waals surface area (Å²) in [5, 5.41) is 4.59. The summed E-state index contributed by atoms with van der Waals surface area (Å²) in [6.45, 7) is 1.36. The Kier molecular flexibility index (Phi) is 5.71. The zero-order valence-corrected chi connectivity index (χ0v) is 17.5. The molecule has 2 saturated heterocycles. The van der Waals surface area contributed by atoms with Crippen molar-refractivity contribution in [1.82, 2.24) is 9.62 Å². The second-order valence-electron chi connectivity index (χ2n) is 7.24. The van der Waals surface area contributed by atoms with Gasteiger partial charge in [0.05, 0.1) is 0 Å². The average molecular weight is 434 g/mol. The van der Waals surface area contributed by atoms with E-state index < -0.39 is 16.1 Å². The Bertz CT molecular complexity index is 1000. The zero-order valence-electron chi connectivity index (χ0n) is 15.9. The second kappa shape index (κ2) is 8.25. The van der Waals surface area contributed by atoms with Gasteiger partial charge < -0.3 is 10.2 Å². The first-order valence-corrected chi connectivity index (χ1v) is 12.0. The summed E-state index contributed by atoms with van der Waals surface area (Å²) >= 11 is 1.16. The van der Waals surface area contributed by atoms with Gasteiger partial charge in [0.1, 0.15) is 10.3 Å². The van der Waals surface area contributed by atoms with Crippen LogP contribution in [-0.2, 0) is 26.2 Å². The van der Waals surface area contributed by atoms with Gasteiger partial charge in [-0.05, 0) is 48.4 Å². The Balaban J connectivity index is 1.43. The predicted octanol–water partition coefficient (Wildman–Crippen LogP) is 2.34. The Morgan fingerprint density at radius 1 is 1.17 bits per heavy atom. The van der Waals surface area contributed by atoms with Crippen molar-refractivity contribution in [1.29, 1.82) is 0 Å². The first-order chi connectivity index (χ1) is 14.0. The predicted molar refractivity (Wildman–Crippen MR) is 111 cm³/mol. The monoisotopic (exact) mass is 433 g/mol. The van der Waals surface area contributed by atoms with E-state index in [1.54, 1.807) is 22.4 Å². The van der Waals surface area contributed by atoms with Crippen LogP contribution < -0.4 is 10.2 Å². The molecule has 29 heavy (non-hydrogen) atoms. The molecule has 1 aromatic heterocycles. The lowest BCUT2D eigenvalue weighted by molar-refractivity contribution is -0.124. The van der Waals surface area contributed by atoms with Gasteiger partial charge in [-0.3, -0.25) is 9.59 Å². The Labute approximate surface area is 174 Å². The van der Waals surface area contributed by atoms with E-state index in [-0.39, 0.29) is 22.6 Å². The van der Waals surface area contributed by atoms with Crippen LogP contribution in [0.4, 0.5) is 5.69 Å². The highest BCUT2D eigenvalue weighted by Crippen LogP contribution is 2.29. The summed E-state index contributed by atoms with van der Waals surface area (Å²) < 4.78 is 27.2. The maximum absolute atomic E-state index is 12.8. The van der Waals surface area contributed by atoms with Crippen molar-refractivity contribution in [2.75, 3.05) is 18.0 Å². The van der Waals surface area contributed by atoms with E-state index in [0.717, 1.165) is 29.0 Å². The fraction of sp³-hybridized carbons (Fsp3) is 0.400. The van der Waals surface area contributed by atoms with E-state index >= 15 is 0 Å². The first-order valence-electron chi connectivity index (χ1n) is 9.69. The van der Waals surface area contributed by atoms with Crippen LogP contribution in [0.1, 0.15) is 31.2 Å². The zero-order chi connectivity index (χ0) is 20.4. The molecular weight excluding hydrogens is 410 g/mol. The van der Waals surface area contributed by atoms with Crippen molar-refractivity contribution in [2.24, 2.45) is 0 Å². The number of amides is 2. The maximum atomic E-state index is 12.8. The molecule has 3 heterocycles. The van der Waals surface area contributed by atoms with Crippen LogP contribution in [0.2, 0.25) is 0 Å². The van der Waals surface area contributed by atoms with Gasteiger partial charge in [0.25, 0.3) is 10.0 Å². The topological polar surface area (TPSA) is 86.8 Å². The molecule has 0 saturated carbocycles. The molecule has 0 bridgehead atoms. The fourth-order valence-electron chi connectivity index (χ4n) is 3.88. The molecule has 1 unspecified atom stereocenters. The number of hydrogen-bond acceptors (Lipinski definition) is 5. The van der Waals surface area contributed by atoms with Crippen molar-refractivity contribution in [2.45, 2.75) is 42.5 Å². The highest BCUT2D eigenvalue weighted by atomic mass is 32.2. The number of carbonyl (C=O) groups excluding carboxylic acids is 2. The number of carbonyl (C=O) groups is 2. The van der Waals surface area contributed by atoms with Crippen LogP contribution in [0.3, 0.4) is 0 Å². The van der Waals surface area contributed by atoms with Crippen molar-refractivity contribution < 1.29 is 18.0 Å². The van der Waals surface area contributed by atoms with Gasteiger partial charge in [-0.15, -0.1) is 11.3 Å². The van der Waals surface area contributed by atoms with Gasteiger partial charge in [-0.2, -0.15) is 4.31 Å². The van der Waals surface area contributed by atoms with Crippen LogP contribution in [0.25, 0.3) is 0 Å². The minimum atomic E-state index is -3.65. The molecule has 1 aromatic carbocycles. The Hall–Kier alpha value is -2.23. The van der Waals surface area contributed by atoms with E-state index in [9.17, 15) is 18.0 Å². The van der Waals surface area contributed by atoms with E-state index in [4.69, 9.17) is 0 Å². The second-order valence-corrected chi connectivity index (χ2v) is 10.3. The van der Waals surface area contributed by atoms with Crippen molar-refractivity contribution in [3.05, 3.63) is 47.3 Å². The van der Waals surface area contributed by atoms with Gasteiger partial charge in [0.15, 0.2) is 0 Å². The number of hydrogen-bond donors (Lipinski definition) is 1. The maximum Gasteiger partial charge on any atom is 0.253 e. The van der Waals surface area contributed by atoms with Crippen molar-refractivity contribution >= 4 is 38.9 Å². The van der Waals surface area contributed by atoms with Gasteiger partial charge >= 0.3 is 0 Å². The lowest BCUT2D eigenvalue weighted by Gasteiger charge is -2.23. The summed E-state index contributed by atoms with van der Waals surface area (Å²) in [6.07, 6.45) is 2.60. The number of rotatable bonds is 6. The molecule has 7 nitrogen and oxygen atoms in total. The van der Waals surface area contributed by atoms with E-state index in [2.05, 4.69) is 5.32 Å². The summed E-state index contributed by atoms with van der Waals surface area (Å²) in [5.41, 5.74) is 1.71. The first kappa shape index (κ1) is 20.1. The highest BCUT2D eigenvalue weighted by Gasteiger charge is 2.39. The molecule has 4 rings (SSSR count). The smallest absolute Gasteiger partial charge is 0.253 e. The Morgan fingerprint density at radius 2 is 2.03 bits per heavy atom. The molecule has 0 aliphatic carbocycles. The van der Waals surface area contributed by atoms with Gasteiger partial charge in [0.2, 0.25) is 11.8 Å². The minimum absolute atomic E-state index is 0.117. The molecule has 2 aromatic rings. The standard InChI is InChI=1S/C20H23N3O4S2/c24-18-8-3-10-22(18)16-6-1-5-15(13-16)14-21-20(25)17-7-2-11-23(17)29(26,27)19-9-4-12-28-19/h1,4-6,9,12-13,17H,2-3,7-8,10-11,14H2,(H,21,25). The summed E-state index contributed by atoms with van der Waals surface area (Å²) in [5.74, 6) is -0.170. The fourth-order valence-corrected chi connectivity index (χ4v) is 6.65. The normalized spacial score (nSPS) is 20.3. The van der Waals surface area contributed by atoms with Crippen LogP contribution in [0.5, 0.6) is 0 Å². The number of thiophene rings is 1. The van der Waals surface area contributed by atoms with E-state index in [0.29, 0.717) is 32.4 Å².